The van der Waals surface area contributed by atoms with Gasteiger partial charge in [-0.1, -0.05) is 0 Å². The predicted molar refractivity (Wildman–Crippen MR) is 106 cm³/mol. The van der Waals surface area contributed by atoms with E-state index in [1.807, 2.05) is 18.2 Å². The molecule has 1 atom stereocenters. The third kappa shape index (κ3) is 3.76. The number of nitrogens with one attached hydrogen (secondary N) is 1. The van der Waals surface area contributed by atoms with Crippen LogP contribution >= 0.6 is 0 Å². The summed E-state index contributed by atoms with van der Waals surface area (Å²) in [6.45, 7) is 1.93. The Bertz CT molecular complexity index is 865. The molecule has 0 aliphatic carbocycles. The summed E-state index contributed by atoms with van der Waals surface area (Å²) in [7, 11) is 0. The minimum Gasteiger partial charge on any atom is -0.381 e. The molecule has 1 saturated heterocycles. The van der Waals surface area contributed by atoms with Gasteiger partial charge in [-0.25, -0.2) is 0 Å². The molecule has 7 nitrogen and oxygen atoms in total. The number of amides is 2. The number of benzene rings is 1. The number of pyridine rings is 1. The molecule has 146 valence electrons. The molecule has 0 spiro atoms. The zero-order valence-electron chi connectivity index (χ0n) is 15.6. The van der Waals surface area contributed by atoms with Crippen molar-refractivity contribution < 1.29 is 14.3 Å². The van der Waals surface area contributed by atoms with Crippen LogP contribution in [0.5, 0.6) is 0 Å². The van der Waals surface area contributed by atoms with Crippen molar-refractivity contribution in [2.24, 2.45) is 11.7 Å². The van der Waals surface area contributed by atoms with E-state index in [1.165, 1.54) is 0 Å². The topological polar surface area (TPSA) is 97.6 Å². The van der Waals surface area contributed by atoms with Crippen LogP contribution in [0.3, 0.4) is 0 Å². The van der Waals surface area contributed by atoms with E-state index in [4.69, 9.17) is 10.5 Å². The van der Waals surface area contributed by atoms with E-state index >= 15 is 0 Å². The normalized spacial score (nSPS) is 17.8. The van der Waals surface area contributed by atoms with Gasteiger partial charge < -0.3 is 20.7 Å². The van der Waals surface area contributed by atoms with E-state index < -0.39 is 6.04 Å². The molecular weight excluding hydrogens is 356 g/mol. The fourth-order valence-electron chi connectivity index (χ4n) is 3.85. The Balaban J connectivity index is 1.45. The van der Waals surface area contributed by atoms with Crippen LogP contribution in [0.2, 0.25) is 0 Å². The van der Waals surface area contributed by atoms with Crippen molar-refractivity contribution in [1.29, 1.82) is 0 Å². The third-order valence-electron chi connectivity index (χ3n) is 5.47. The molecule has 28 heavy (non-hydrogen) atoms. The van der Waals surface area contributed by atoms with E-state index in [0.29, 0.717) is 31.0 Å². The maximum Gasteiger partial charge on any atom is 0.259 e. The number of nitrogens with zero attached hydrogens (tertiary/aromatic N) is 2. The average Bonchev–Trinajstić information content (AvgIpc) is 3.17. The van der Waals surface area contributed by atoms with Crippen molar-refractivity contribution in [3.8, 4) is 0 Å². The summed E-state index contributed by atoms with van der Waals surface area (Å²) in [6, 6.07) is 8.61. The number of nitrogens with two attached hydrogens (primary N) is 1. The molecule has 0 saturated carbocycles. The van der Waals surface area contributed by atoms with E-state index in [1.54, 1.807) is 29.4 Å². The monoisotopic (exact) mass is 380 g/mol. The Morgan fingerprint density at radius 2 is 2.07 bits per heavy atom. The quantitative estimate of drug-likeness (QED) is 0.845. The molecule has 7 heteroatoms. The molecule has 4 rings (SSSR count). The van der Waals surface area contributed by atoms with Crippen molar-refractivity contribution in [2.45, 2.75) is 25.3 Å². The Hall–Kier alpha value is -2.77. The molecule has 2 aliphatic rings. The van der Waals surface area contributed by atoms with Gasteiger partial charge in [-0.2, -0.15) is 0 Å². The number of carbonyl (C=O) groups excluding carboxylic acids is 2. The van der Waals surface area contributed by atoms with Gasteiger partial charge in [0, 0.05) is 43.5 Å². The lowest BCUT2D eigenvalue weighted by Gasteiger charge is -2.26. The van der Waals surface area contributed by atoms with Crippen LogP contribution in [-0.2, 0) is 16.0 Å². The number of aromatic nitrogens is 1. The smallest absolute Gasteiger partial charge is 0.259 e. The minimum atomic E-state index is -0.541. The Labute approximate surface area is 163 Å². The maximum absolute atomic E-state index is 12.7. The van der Waals surface area contributed by atoms with Gasteiger partial charge in [-0.05, 0) is 61.1 Å². The lowest BCUT2D eigenvalue weighted by Crippen LogP contribution is -2.44. The molecule has 3 heterocycles. The van der Waals surface area contributed by atoms with Gasteiger partial charge in [-0.3, -0.25) is 14.6 Å². The first-order valence-corrected chi connectivity index (χ1v) is 9.62. The highest BCUT2D eigenvalue weighted by atomic mass is 16.5. The highest BCUT2D eigenvalue weighted by Gasteiger charge is 2.28. The molecule has 1 fully saturated rings. The van der Waals surface area contributed by atoms with Crippen molar-refractivity contribution >= 4 is 23.2 Å². The van der Waals surface area contributed by atoms with Crippen molar-refractivity contribution in [3.63, 3.8) is 0 Å². The minimum absolute atomic E-state index is 0.0647. The number of rotatable bonds is 4. The van der Waals surface area contributed by atoms with Gasteiger partial charge in [-0.15, -0.1) is 0 Å². The van der Waals surface area contributed by atoms with Crippen LogP contribution in [0.1, 0.15) is 28.8 Å². The van der Waals surface area contributed by atoms with E-state index in [-0.39, 0.29) is 17.7 Å². The molecule has 2 aliphatic heterocycles. The van der Waals surface area contributed by atoms with E-state index in [2.05, 4.69) is 10.3 Å². The first kappa shape index (κ1) is 18.6. The molecule has 0 bridgehead atoms. The first-order valence-electron chi connectivity index (χ1n) is 9.62. The van der Waals surface area contributed by atoms with Crippen LogP contribution in [0.25, 0.3) is 0 Å². The zero-order valence-corrected chi connectivity index (χ0v) is 15.6. The largest absolute Gasteiger partial charge is 0.381 e. The molecule has 1 aromatic carbocycles. The fourth-order valence-corrected chi connectivity index (χ4v) is 3.85. The summed E-state index contributed by atoms with van der Waals surface area (Å²) >= 11 is 0. The molecule has 1 aromatic heterocycles. The van der Waals surface area contributed by atoms with E-state index in [9.17, 15) is 9.59 Å². The Morgan fingerprint density at radius 1 is 1.25 bits per heavy atom. The lowest BCUT2D eigenvalue weighted by atomic mass is 9.92. The number of ether oxygens (including phenoxy) is 1. The predicted octanol–water partition coefficient (Wildman–Crippen LogP) is 1.98. The Kier molecular flexibility index (Phi) is 5.36. The summed E-state index contributed by atoms with van der Waals surface area (Å²) in [6.07, 6.45) is 5.59. The molecule has 0 radical (unpaired) electrons. The van der Waals surface area contributed by atoms with Gasteiger partial charge in [0.25, 0.3) is 5.91 Å². The molecule has 3 N–H and O–H groups in total. The summed E-state index contributed by atoms with van der Waals surface area (Å²) in [5.41, 5.74) is 9.34. The van der Waals surface area contributed by atoms with Crippen LogP contribution in [0, 0.1) is 5.92 Å². The second-order valence-corrected chi connectivity index (χ2v) is 7.26. The van der Waals surface area contributed by atoms with Crippen LogP contribution < -0.4 is 16.0 Å². The summed E-state index contributed by atoms with van der Waals surface area (Å²) in [4.78, 5) is 31.0. The van der Waals surface area contributed by atoms with Gasteiger partial charge in [0.2, 0.25) is 5.91 Å². The van der Waals surface area contributed by atoms with Gasteiger partial charge in [0.05, 0.1) is 11.6 Å². The van der Waals surface area contributed by atoms with Gasteiger partial charge in [0.1, 0.15) is 0 Å². The summed E-state index contributed by atoms with van der Waals surface area (Å²) in [5, 5.41) is 2.93. The summed E-state index contributed by atoms with van der Waals surface area (Å²) < 4.78 is 5.34. The van der Waals surface area contributed by atoms with Crippen LogP contribution in [-0.4, -0.2) is 42.6 Å². The number of hydrogen-bond acceptors (Lipinski definition) is 5. The number of fused-ring (bicyclic) bond motifs is 1. The maximum atomic E-state index is 12.7. The highest BCUT2D eigenvalue weighted by Crippen LogP contribution is 2.31. The molecule has 1 unspecified atom stereocenters. The van der Waals surface area contributed by atoms with E-state index in [0.717, 1.165) is 30.5 Å². The SMILES string of the molecule is NC(C(=O)Nc1ccc2c(c1)CCN2C(=O)c1cccnc1)C1CCOCC1. The van der Waals surface area contributed by atoms with Crippen molar-refractivity contribution in [1.82, 2.24) is 4.98 Å². The van der Waals surface area contributed by atoms with Crippen molar-refractivity contribution in [3.05, 3.63) is 53.9 Å². The number of carbonyl (C=O) groups is 2. The standard InChI is InChI=1S/C21H24N4O3/c22-19(14-6-10-28-11-7-14)20(26)24-17-3-4-18-15(12-17)5-9-25(18)21(27)16-2-1-8-23-13-16/h1-4,8,12-14,19H,5-7,9-11,22H2,(H,24,26). The van der Waals surface area contributed by atoms with Crippen LogP contribution in [0.4, 0.5) is 11.4 Å². The Morgan fingerprint density at radius 3 is 2.82 bits per heavy atom. The lowest BCUT2D eigenvalue weighted by molar-refractivity contribution is -0.119. The second-order valence-electron chi connectivity index (χ2n) is 7.26. The molecular formula is C21H24N4O3. The van der Waals surface area contributed by atoms with Gasteiger partial charge in [0.15, 0.2) is 0 Å². The molecule has 2 amide bonds. The van der Waals surface area contributed by atoms with Crippen LogP contribution in [0.15, 0.2) is 42.7 Å². The first-order chi connectivity index (χ1) is 13.6. The number of anilines is 2. The van der Waals surface area contributed by atoms with Gasteiger partial charge >= 0.3 is 0 Å². The zero-order chi connectivity index (χ0) is 19.5. The third-order valence-corrected chi connectivity index (χ3v) is 5.47. The average molecular weight is 380 g/mol. The summed E-state index contributed by atoms with van der Waals surface area (Å²) in [5.74, 6) is -0.0888. The van der Waals surface area contributed by atoms with Crippen molar-refractivity contribution in [2.75, 3.05) is 30.0 Å². The fraction of sp³-hybridized carbons (Fsp3) is 0.381. The highest BCUT2D eigenvalue weighted by molar-refractivity contribution is 6.07. The second kappa shape index (κ2) is 8.08. The number of hydrogen-bond donors (Lipinski definition) is 2. The molecule has 2 aromatic rings.